The molecule has 0 amide bonds. The highest BCUT2D eigenvalue weighted by atomic mass is 32.2. The SMILES string of the molecule is COS(=O)n1cnc2ccccc21. The summed E-state index contributed by atoms with van der Waals surface area (Å²) in [5, 5.41) is 0. The van der Waals surface area contributed by atoms with Crippen LogP contribution >= 0.6 is 0 Å². The van der Waals surface area contributed by atoms with Crippen LogP contribution in [0.2, 0.25) is 0 Å². The van der Waals surface area contributed by atoms with E-state index in [1.807, 2.05) is 24.3 Å². The molecular formula is C8H8N2O2S. The van der Waals surface area contributed by atoms with Crippen LogP contribution in [0.25, 0.3) is 11.0 Å². The number of fused-ring (bicyclic) bond motifs is 1. The van der Waals surface area contributed by atoms with Gasteiger partial charge in [-0.25, -0.2) is 13.2 Å². The van der Waals surface area contributed by atoms with Gasteiger partial charge < -0.3 is 0 Å². The molecule has 0 radical (unpaired) electrons. The van der Waals surface area contributed by atoms with Crippen LogP contribution in [-0.2, 0) is 15.4 Å². The minimum atomic E-state index is -1.48. The fourth-order valence-electron chi connectivity index (χ4n) is 1.14. The van der Waals surface area contributed by atoms with E-state index in [1.54, 1.807) is 0 Å². The van der Waals surface area contributed by atoms with Crippen molar-refractivity contribution in [1.29, 1.82) is 0 Å². The van der Waals surface area contributed by atoms with Crippen LogP contribution in [0.5, 0.6) is 0 Å². The quantitative estimate of drug-likeness (QED) is 0.722. The Morgan fingerprint density at radius 2 is 2.23 bits per heavy atom. The molecule has 1 aromatic carbocycles. The second kappa shape index (κ2) is 3.27. The van der Waals surface area contributed by atoms with Crippen LogP contribution in [-0.4, -0.2) is 20.3 Å². The van der Waals surface area contributed by atoms with Gasteiger partial charge in [0.05, 0.1) is 18.1 Å². The molecule has 0 spiro atoms. The molecule has 2 rings (SSSR count). The first kappa shape index (κ1) is 8.40. The maximum Gasteiger partial charge on any atom is 0.269 e. The molecule has 0 fully saturated rings. The Labute approximate surface area is 77.9 Å². The smallest absolute Gasteiger partial charge is 0.269 e. The van der Waals surface area contributed by atoms with E-state index in [0.717, 1.165) is 11.0 Å². The van der Waals surface area contributed by atoms with E-state index in [2.05, 4.69) is 4.98 Å². The van der Waals surface area contributed by atoms with Gasteiger partial charge in [0.15, 0.2) is 0 Å². The number of rotatable bonds is 2. The lowest BCUT2D eigenvalue weighted by Gasteiger charge is -1.98. The second-order valence-electron chi connectivity index (χ2n) is 2.44. The molecule has 4 nitrogen and oxygen atoms in total. The highest BCUT2D eigenvalue weighted by Gasteiger charge is 2.06. The summed E-state index contributed by atoms with van der Waals surface area (Å²) in [5.41, 5.74) is 1.62. The first-order valence-corrected chi connectivity index (χ1v) is 4.75. The molecule has 1 atom stereocenters. The Kier molecular flexibility index (Phi) is 2.12. The van der Waals surface area contributed by atoms with Gasteiger partial charge in [-0.15, -0.1) is 0 Å². The van der Waals surface area contributed by atoms with Crippen molar-refractivity contribution in [2.24, 2.45) is 0 Å². The molecule has 0 saturated carbocycles. The Morgan fingerprint density at radius 3 is 3.00 bits per heavy atom. The van der Waals surface area contributed by atoms with Gasteiger partial charge >= 0.3 is 0 Å². The zero-order valence-electron chi connectivity index (χ0n) is 7.01. The standard InChI is InChI=1S/C8H8N2O2S/c1-12-13(11)10-6-9-7-4-2-3-5-8(7)10/h2-6H,1H3. The van der Waals surface area contributed by atoms with E-state index in [9.17, 15) is 4.21 Å². The maximum absolute atomic E-state index is 11.3. The minimum absolute atomic E-state index is 0.808. The fraction of sp³-hybridized carbons (Fsp3) is 0.125. The predicted octanol–water partition coefficient (Wildman–Crippen LogP) is 1.11. The minimum Gasteiger partial charge on any atom is -0.277 e. The lowest BCUT2D eigenvalue weighted by molar-refractivity contribution is 0.440. The third kappa shape index (κ3) is 1.36. The topological polar surface area (TPSA) is 44.1 Å². The van der Waals surface area contributed by atoms with Gasteiger partial charge in [-0.05, 0) is 12.1 Å². The van der Waals surface area contributed by atoms with E-state index in [0.29, 0.717) is 0 Å². The fourth-order valence-corrected chi connectivity index (χ4v) is 1.74. The number of nitrogens with zero attached hydrogens (tertiary/aromatic N) is 2. The summed E-state index contributed by atoms with van der Waals surface area (Å²) in [6.45, 7) is 0. The largest absolute Gasteiger partial charge is 0.277 e. The van der Waals surface area contributed by atoms with E-state index in [4.69, 9.17) is 4.18 Å². The van der Waals surface area contributed by atoms with E-state index in [-0.39, 0.29) is 0 Å². The number of benzene rings is 1. The van der Waals surface area contributed by atoms with Crippen LogP contribution in [0.4, 0.5) is 0 Å². The Bertz CT molecular complexity index is 452. The second-order valence-corrected chi connectivity index (χ2v) is 3.60. The van der Waals surface area contributed by atoms with Crippen molar-refractivity contribution in [1.82, 2.24) is 8.96 Å². The molecular weight excluding hydrogens is 188 g/mol. The number of hydrogen-bond donors (Lipinski definition) is 0. The highest BCUT2D eigenvalue weighted by Crippen LogP contribution is 2.12. The monoisotopic (exact) mass is 196 g/mol. The van der Waals surface area contributed by atoms with Gasteiger partial charge in [-0.1, -0.05) is 12.1 Å². The van der Waals surface area contributed by atoms with Crippen molar-refractivity contribution >= 4 is 22.3 Å². The normalized spacial score (nSPS) is 13.3. The summed E-state index contributed by atoms with van der Waals surface area (Å²) in [6.07, 6.45) is 1.50. The zero-order valence-corrected chi connectivity index (χ0v) is 7.82. The highest BCUT2D eigenvalue weighted by molar-refractivity contribution is 7.78. The Morgan fingerprint density at radius 1 is 1.46 bits per heavy atom. The third-order valence-electron chi connectivity index (χ3n) is 1.72. The number of para-hydroxylation sites is 2. The summed E-state index contributed by atoms with van der Waals surface area (Å²) in [6, 6.07) is 7.46. The molecule has 0 N–H and O–H groups in total. The van der Waals surface area contributed by atoms with E-state index < -0.39 is 11.3 Å². The van der Waals surface area contributed by atoms with Crippen LogP contribution in [0.1, 0.15) is 0 Å². The Hall–Kier alpha value is -1.20. The molecule has 0 bridgehead atoms. The molecule has 0 aliphatic carbocycles. The summed E-state index contributed by atoms with van der Waals surface area (Å²) >= 11 is -1.48. The summed E-state index contributed by atoms with van der Waals surface area (Å²) < 4.78 is 17.5. The first-order chi connectivity index (χ1) is 6.33. The van der Waals surface area contributed by atoms with Crippen LogP contribution in [0.15, 0.2) is 30.6 Å². The van der Waals surface area contributed by atoms with Crippen molar-refractivity contribution in [2.75, 3.05) is 7.11 Å². The lowest BCUT2D eigenvalue weighted by Crippen LogP contribution is -2.03. The van der Waals surface area contributed by atoms with Crippen molar-refractivity contribution in [3.63, 3.8) is 0 Å². The van der Waals surface area contributed by atoms with Gasteiger partial charge in [0.25, 0.3) is 11.3 Å². The van der Waals surface area contributed by atoms with Gasteiger partial charge in [-0.3, -0.25) is 4.18 Å². The number of aromatic nitrogens is 2. The molecule has 5 heteroatoms. The number of hydrogen-bond acceptors (Lipinski definition) is 3. The molecule has 13 heavy (non-hydrogen) atoms. The van der Waals surface area contributed by atoms with Gasteiger partial charge in [-0.2, -0.15) is 0 Å². The molecule has 1 unspecified atom stereocenters. The molecule has 1 heterocycles. The van der Waals surface area contributed by atoms with Gasteiger partial charge in [0.1, 0.15) is 6.33 Å². The molecule has 68 valence electrons. The summed E-state index contributed by atoms with van der Waals surface area (Å²) in [7, 11) is 1.39. The van der Waals surface area contributed by atoms with Crippen LogP contribution in [0.3, 0.4) is 0 Å². The van der Waals surface area contributed by atoms with Crippen LogP contribution in [0, 0.1) is 0 Å². The zero-order chi connectivity index (χ0) is 9.26. The molecule has 0 saturated heterocycles. The summed E-state index contributed by atoms with van der Waals surface area (Å²) in [5.74, 6) is 0. The Balaban J connectivity index is 2.64. The molecule has 0 aliphatic heterocycles. The average molecular weight is 196 g/mol. The third-order valence-corrected chi connectivity index (χ3v) is 2.62. The average Bonchev–Trinajstić information content (AvgIpc) is 2.60. The predicted molar refractivity (Wildman–Crippen MR) is 50.3 cm³/mol. The summed E-state index contributed by atoms with van der Waals surface area (Å²) in [4.78, 5) is 4.08. The molecule has 0 aliphatic rings. The van der Waals surface area contributed by atoms with Crippen molar-refractivity contribution in [3.05, 3.63) is 30.6 Å². The molecule has 1 aromatic heterocycles. The van der Waals surface area contributed by atoms with Crippen molar-refractivity contribution in [3.8, 4) is 0 Å². The maximum atomic E-state index is 11.3. The number of imidazole rings is 1. The lowest BCUT2D eigenvalue weighted by atomic mass is 10.3. The van der Waals surface area contributed by atoms with Crippen LogP contribution < -0.4 is 0 Å². The van der Waals surface area contributed by atoms with Crippen molar-refractivity contribution in [2.45, 2.75) is 0 Å². The van der Waals surface area contributed by atoms with E-state index in [1.165, 1.54) is 17.4 Å². The first-order valence-electron chi connectivity index (χ1n) is 3.72. The van der Waals surface area contributed by atoms with Gasteiger partial charge in [0.2, 0.25) is 0 Å². The van der Waals surface area contributed by atoms with Gasteiger partial charge in [0, 0.05) is 0 Å². The van der Waals surface area contributed by atoms with Crippen molar-refractivity contribution < 1.29 is 8.39 Å². The van der Waals surface area contributed by atoms with E-state index >= 15 is 0 Å². The molecule has 2 aromatic rings.